The molecule has 0 spiro atoms. The zero-order chi connectivity index (χ0) is 14.8. The van der Waals surface area contributed by atoms with Crippen molar-refractivity contribution in [3.63, 3.8) is 0 Å². The minimum atomic E-state index is -4.35. The number of nitrogens with one attached hydrogen (secondary N) is 1. The zero-order valence-corrected chi connectivity index (χ0v) is 12.9. The second-order valence-corrected chi connectivity index (χ2v) is 5.60. The van der Waals surface area contributed by atoms with Crippen LogP contribution in [0.5, 0.6) is 0 Å². The van der Waals surface area contributed by atoms with Crippen molar-refractivity contribution in [3.05, 3.63) is 68.8 Å². The van der Waals surface area contributed by atoms with Gasteiger partial charge in [-0.15, -0.1) is 0 Å². The van der Waals surface area contributed by atoms with Gasteiger partial charge in [-0.2, -0.15) is 13.2 Å². The number of benzene rings is 2. The van der Waals surface area contributed by atoms with Gasteiger partial charge in [-0.3, -0.25) is 0 Å². The molecule has 0 heterocycles. The SMILES string of the molecule is CNC(c1ccc(I)cc1)c1ccccc1C(F)(F)F. The van der Waals surface area contributed by atoms with Crippen LogP contribution in [-0.4, -0.2) is 7.05 Å². The van der Waals surface area contributed by atoms with E-state index in [1.54, 1.807) is 13.1 Å². The Kier molecular flexibility index (Phi) is 4.70. The number of halogens is 4. The molecule has 0 aromatic heterocycles. The Hall–Kier alpha value is -1.08. The van der Waals surface area contributed by atoms with Crippen molar-refractivity contribution in [2.45, 2.75) is 12.2 Å². The molecule has 0 fully saturated rings. The van der Waals surface area contributed by atoms with Crippen molar-refractivity contribution in [3.8, 4) is 0 Å². The van der Waals surface area contributed by atoms with Crippen molar-refractivity contribution in [1.29, 1.82) is 0 Å². The predicted octanol–water partition coefficient (Wildman–Crippen LogP) is 4.62. The van der Waals surface area contributed by atoms with Crippen LogP contribution in [0.2, 0.25) is 0 Å². The van der Waals surface area contributed by atoms with Crippen molar-refractivity contribution < 1.29 is 13.2 Å². The first-order valence-electron chi connectivity index (χ1n) is 6.02. The topological polar surface area (TPSA) is 12.0 Å². The van der Waals surface area contributed by atoms with Gasteiger partial charge in [-0.1, -0.05) is 30.3 Å². The highest BCUT2D eigenvalue weighted by Crippen LogP contribution is 2.36. The lowest BCUT2D eigenvalue weighted by Crippen LogP contribution is -2.21. The van der Waals surface area contributed by atoms with E-state index >= 15 is 0 Å². The molecule has 0 radical (unpaired) electrons. The first-order valence-corrected chi connectivity index (χ1v) is 7.10. The third-order valence-corrected chi connectivity index (χ3v) is 3.79. The molecule has 1 nitrogen and oxygen atoms in total. The average molecular weight is 391 g/mol. The molecule has 2 aromatic carbocycles. The largest absolute Gasteiger partial charge is 0.416 e. The average Bonchev–Trinajstić information content (AvgIpc) is 2.41. The van der Waals surface area contributed by atoms with Gasteiger partial charge in [-0.25, -0.2) is 0 Å². The highest BCUT2D eigenvalue weighted by Gasteiger charge is 2.34. The van der Waals surface area contributed by atoms with E-state index in [0.29, 0.717) is 0 Å². The molecule has 0 amide bonds. The van der Waals surface area contributed by atoms with Gasteiger partial charge in [0.25, 0.3) is 0 Å². The molecule has 20 heavy (non-hydrogen) atoms. The molecule has 0 saturated heterocycles. The summed E-state index contributed by atoms with van der Waals surface area (Å²) in [6.07, 6.45) is -4.35. The minimum absolute atomic E-state index is 0.240. The lowest BCUT2D eigenvalue weighted by Gasteiger charge is -2.21. The van der Waals surface area contributed by atoms with Gasteiger partial charge in [0, 0.05) is 3.57 Å². The van der Waals surface area contributed by atoms with E-state index in [2.05, 4.69) is 27.9 Å². The normalized spacial score (nSPS) is 13.2. The molecule has 0 saturated carbocycles. The van der Waals surface area contributed by atoms with Crippen LogP contribution < -0.4 is 5.32 Å². The van der Waals surface area contributed by atoms with E-state index in [-0.39, 0.29) is 5.56 Å². The van der Waals surface area contributed by atoms with Crippen LogP contribution >= 0.6 is 22.6 Å². The van der Waals surface area contributed by atoms with E-state index < -0.39 is 17.8 Å². The van der Waals surface area contributed by atoms with Crippen LogP contribution in [-0.2, 0) is 6.18 Å². The number of rotatable bonds is 3. The first-order chi connectivity index (χ1) is 9.43. The van der Waals surface area contributed by atoms with Crippen LogP contribution in [0, 0.1) is 3.57 Å². The molecule has 1 atom stereocenters. The van der Waals surface area contributed by atoms with Crippen LogP contribution in [0.3, 0.4) is 0 Å². The molecule has 0 bridgehead atoms. The molecular formula is C15H13F3IN. The van der Waals surface area contributed by atoms with Gasteiger partial charge in [-0.05, 0) is 59.0 Å². The maximum Gasteiger partial charge on any atom is 0.416 e. The quantitative estimate of drug-likeness (QED) is 0.754. The Balaban J connectivity index is 2.50. The second-order valence-electron chi connectivity index (χ2n) is 4.36. The van der Waals surface area contributed by atoms with Gasteiger partial charge >= 0.3 is 6.18 Å². The number of alkyl halides is 3. The maximum atomic E-state index is 13.1. The molecule has 2 aromatic rings. The van der Waals surface area contributed by atoms with Crippen LogP contribution in [0.25, 0.3) is 0 Å². The van der Waals surface area contributed by atoms with E-state index in [1.165, 1.54) is 12.1 Å². The Labute approximate surface area is 129 Å². The van der Waals surface area contributed by atoms with E-state index in [1.807, 2.05) is 24.3 Å². The summed E-state index contributed by atoms with van der Waals surface area (Å²) < 4.78 is 40.3. The number of hydrogen-bond acceptors (Lipinski definition) is 1. The smallest absolute Gasteiger partial charge is 0.309 e. The van der Waals surface area contributed by atoms with Gasteiger partial charge in [0.15, 0.2) is 0 Å². The molecule has 5 heteroatoms. The standard InChI is InChI=1S/C15H13F3IN/c1-20-14(10-6-8-11(19)9-7-10)12-4-2-3-5-13(12)15(16,17)18/h2-9,14,20H,1H3. The van der Waals surface area contributed by atoms with E-state index in [9.17, 15) is 13.2 Å². The Morgan fingerprint density at radius 1 is 1.00 bits per heavy atom. The fourth-order valence-corrected chi connectivity index (χ4v) is 2.52. The molecule has 0 aliphatic heterocycles. The zero-order valence-electron chi connectivity index (χ0n) is 10.7. The summed E-state index contributed by atoms with van der Waals surface area (Å²) in [4.78, 5) is 0. The summed E-state index contributed by atoms with van der Waals surface area (Å²) in [6, 6.07) is 12.6. The van der Waals surface area contributed by atoms with Crippen molar-refractivity contribution in [2.24, 2.45) is 0 Å². The van der Waals surface area contributed by atoms with Gasteiger partial charge in [0.05, 0.1) is 11.6 Å². The van der Waals surface area contributed by atoms with Gasteiger partial charge in [0.1, 0.15) is 0 Å². The van der Waals surface area contributed by atoms with Crippen molar-refractivity contribution in [1.82, 2.24) is 5.32 Å². The molecule has 1 unspecified atom stereocenters. The second kappa shape index (κ2) is 6.13. The van der Waals surface area contributed by atoms with Crippen molar-refractivity contribution in [2.75, 3.05) is 7.05 Å². The fraction of sp³-hybridized carbons (Fsp3) is 0.200. The molecule has 0 aliphatic rings. The highest BCUT2D eigenvalue weighted by atomic mass is 127. The van der Waals surface area contributed by atoms with Crippen LogP contribution in [0.4, 0.5) is 13.2 Å². The fourth-order valence-electron chi connectivity index (χ4n) is 2.16. The van der Waals surface area contributed by atoms with Crippen LogP contribution in [0.15, 0.2) is 48.5 Å². The summed E-state index contributed by atoms with van der Waals surface area (Å²) in [5, 5.41) is 2.96. The first kappa shape index (κ1) is 15.3. The molecule has 106 valence electrons. The summed E-state index contributed by atoms with van der Waals surface area (Å²) in [6.45, 7) is 0. The molecule has 1 N–H and O–H groups in total. The van der Waals surface area contributed by atoms with Crippen LogP contribution in [0.1, 0.15) is 22.7 Å². The summed E-state index contributed by atoms with van der Waals surface area (Å²) in [5.74, 6) is 0. The summed E-state index contributed by atoms with van der Waals surface area (Å²) in [7, 11) is 1.66. The third kappa shape index (κ3) is 3.32. The summed E-state index contributed by atoms with van der Waals surface area (Å²) >= 11 is 2.17. The highest BCUT2D eigenvalue weighted by molar-refractivity contribution is 14.1. The number of hydrogen-bond donors (Lipinski definition) is 1. The third-order valence-electron chi connectivity index (χ3n) is 3.07. The van der Waals surface area contributed by atoms with E-state index in [0.717, 1.165) is 15.2 Å². The lowest BCUT2D eigenvalue weighted by atomic mass is 9.94. The molecular weight excluding hydrogens is 378 g/mol. The van der Waals surface area contributed by atoms with E-state index in [4.69, 9.17) is 0 Å². The Morgan fingerprint density at radius 3 is 2.15 bits per heavy atom. The minimum Gasteiger partial charge on any atom is -0.309 e. The summed E-state index contributed by atoms with van der Waals surface area (Å²) in [5.41, 5.74) is 0.450. The van der Waals surface area contributed by atoms with Crippen molar-refractivity contribution >= 4 is 22.6 Å². The molecule has 0 aliphatic carbocycles. The Morgan fingerprint density at radius 2 is 1.60 bits per heavy atom. The predicted molar refractivity (Wildman–Crippen MR) is 81.5 cm³/mol. The van der Waals surface area contributed by atoms with Gasteiger partial charge < -0.3 is 5.32 Å². The monoisotopic (exact) mass is 391 g/mol. The maximum absolute atomic E-state index is 13.1. The lowest BCUT2D eigenvalue weighted by molar-refractivity contribution is -0.138. The Bertz CT molecular complexity index is 578. The molecule has 2 rings (SSSR count). The van der Waals surface area contributed by atoms with Gasteiger partial charge in [0.2, 0.25) is 0 Å².